The van der Waals surface area contributed by atoms with E-state index in [0.717, 1.165) is 12.8 Å². The highest BCUT2D eigenvalue weighted by molar-refractivity contribution is 5.73. The number of carbonyl (C=O) groups is 1. The summed E-state index contributed by atoms with van der Waals surface area (Å²) < 4.78 is 16.5. The molecule has 0 aromatic carbocycles. The first-order chi connectivity index (χ1) is 8.73. The molecule has 1 atom stereocenters. The van der Waals surface area contributed by atoms with Crippen LogP contribution >= 0.6 is 0 Å². The Morgan fingerprint density at radius 2 is 1.89 bits per heavy atom. The maximum absolute atomic E-state index is 12.0. The van der Waals surface area contributed by atoms with E-state index in [0.29, 0.717) is 18.9 Å². The van der Waals surface area contributed by atoms with Crippen LogP contribution in [-0.4, -0.2) is 24.2 Å². The standard InChI is InChI=1S/C14H20O4/c15-12(16-9-10-4-2-1-3-5-10)11-6-7-13-14(8-11,17-13)18-13/h10-11H,1-9H2. The van der Waals surface area contributed by atoms with Gasteiger partial charge in [-0.2, -0.15) is 0 Å². The van der Waals surface area contributed by atoms with Gasteiger partial charge in [0.25, 0.3) is 0 Å². The van der Waals surface area contributed by atoms with Gasteiger partial charge in [-0.1, -0.05) is 19.3 Å². The van der Waals surface area contributed by atoms with Gasteiger partial charge in [-0.3, -0.25) is 4.79 Å². The van der Waals surface area contributed by atoms with Crippen LogP contribution in [0.1, 0.15) is 51.4 Å². The molecule has 0 spiro atoms. The molecule has 0 aromatic heterocycles. The van der Waals surface area contributed by atoms with Crippen molar-refractivity contribution in [3.05, 3.63) is 0 Å². The molecule has 4 nitrogen and oxygen atoms in total. The molecule has 2 aliphatic heterocycles. The van der Waals surface area contributed by atoms with Gasteiger partial charge in [-0.25, -0.2) is 0 Å². The monoisotopic (exact) mass is 252 g/mol. The van der Waals surface area contributed by atoms with Gasteiger partial charge in [-0.05, 0) is 25.2 Å². The summed E-state index contributed by atoms with van der Waals surface area (Å²) in [6.07, 6.45) is 8.77. The van der Waals surface area contributed by atoms with Gasteiger partial charge in [0.1, 0.15) is 0 Å². The summed E-state index contributed by atoms with van der Waals surface area (Å²) in [7, 11) is 0. The van der Waals surface area contributed by atoms with Gasteiger partial charge < -0.3 is 14.2 Å². The number of epoxide rings is 2. The van der Waals surface area contributed by atoms with Crippen molar-refractivity contribution in [3.8, 4) is 0 Å². The minimum absolute atomic E-state index is 0.00767. The third-order valence-corrected chi connectivity index (χ3v) is 5.01. The van der Waals surface area contributed by atoms with Crippen LogP contribution in [0.25, 0.3) is 0 Å². The van der Waals surface area contributed by atoms with E-state index in [-0.39, 0.29) is 23.5 Å². The van der Waals surface area contributed by atoms with Gasteiger partial charge in [0, 0.05) is 12.8 Å². The Balaban J connectivity index is 1.26. The summed E-state index contributed by atoms with van der Waals surface area (Å²) in [6.45, 7) is 0.620. The minimum atomic E-state index is -0.361. The van der Waals surface area contributed by atoms with Crippen LogP contribution in [0.4, 0.5) is 0 Å². The molecule has 0 amide bonds. The van der Waals surface area contributed by atoms with E-state index in [1.807, 2.05) is 0 Å². The van der Waals surface area contributed by atoms with E-state index >= 15 is 0 Å². The third-order valence-electron chi connectivity index (χ3n) is 5.01. The first-order valence-electron chi connectivity index (χ1n) is 7.30. The lowest BCUT2D eigenvalue weighted by molar-refractivity contribution is -0.152. The average Bonchev–Trinajstić information content (AvgIpc) is 3.22. The summed E-state index contributed by atoms with van der Waals surface area (Å²) in [6, 6.07) is 0. The largest absolute Gasteiger partial charge is 0.465 e. The van der Waals surface area contributed by atoms with Crippen molar-refractivity contribution in [3.63, 3.8) is 0 Å². The van der Waals surface area contributed by atoms with Crippen LogP contribution in [0.5, 0.6) is 0 Å². The fourth-order valence-corrected chi connectivity index (χ4v) is 3.68. The minimum Gasteiger partial charge on any atom is -0.465 e. The number of hydrogen-bond acceptors (Lipinski definition) is 4. The number of hydrogen-bond donors (Lipinski definition) is 0. The zero-order chi connectivity index (χ0) is 12.2. The first-order valence-corrected chi connectivity index (χ1v) is 7.30. The van der Waals surface area contributed by atoms with E-state index in [2.05, 4.69) is 0 Å². The lowest BCUT2D eigenvalue weighted by atomic mass is 9.88. The lowest BCUT2D eigenvalue weighted by Gasteiger charge is -2.22. The molecule has 0 N–H and O–H groups in total. The van der Waals surface area contributed by atoms with E-state index in [1.54, 1.807) is 0 Å². The van der Waals surface area contributed by atoms with Gasteiger partial charge in [-0.15, -0.1) is 0 Å². The van der Waals surface area contributed by atoms with Crippen LogP contribution in [0, 0.1) is 11.8 Å². The Bertz CT molecular complexity index is 366. The average molecular weight is 252 g/mol. The second-order valence-corrected chi connectivity index (χ2v) is 6.28. The Morgan fingerprint density at radius 3 is 2.61 bits per heavy atom. The van der Waals surface area contributed by atoms with Crippen LogP contribution in [0.15, 0.2) is 0 Å². The zero-order valence-corrected chi connectivity index (χ0v) is 10.7. The second-order valence-electron chi connectivity index (χ2n) is 6.28. The van der Waals surface area contributed by atoms with Crippen LogP contribution in [0.2, 0.25) is 0 Å². The molecule has 4 rings (SSSR count). The molecule has 0 aromatic rings. The molecule has 0 bridgehead atoms. The third kappa shape index (κ3) is 1.62. The topological polar surface area (TPSA) is 51.4 Å². The molecule has 0 radical (unpaired) electrons. The van der Waals surface area contributed by atoms with Crippen molar-refractivity contribution in [2.75, 3.05) is 6.61 Å². The van der Waals surface area contributed by atoms with Gasteiger partial charge in [0.05, 0.1) is 12.5 Å². The van der Waals surface area contributed by atoms with Crippen LogP contribution < -0.4 is 0 Å². The molecule has 100 valence electrons. The SMILES string of the molecule is O=C(OCC1CCCCC1)C1CCC23OC2(C1)O3. The van der Waals surface area contributed by atoms with E-state index in [1.165, 1.54) is 32.1 Å². The predicted molar refractivity (Wildman–Crippen MR) is 62.5 cm³/mol. The molecule has 2 aliphatic carbocycles. The van der Waals surface area contributed by atoms with Crippen molar-refractivity contribution < 1.29 is 19.0 Å². The number of esters is 1. The highest BCUT2D eigenvalue weighted by atomic mass is 17.0. The second kappa shape index (κ2) is 3.70. The number of ether oxygens (including phenoxy) is 3. The van der Waals surface area contributed by atoms with Crippen molar-refractivity contribution >= 4 is 5.97 Å². The first kappa shape index (κ1) is 11.2. The fourth-order valence-electron chi connectivity index (χ4n) is 3.68. The molecule has 4 aliphatic rings. The highest BCUT2D eigenvalue weighted by Crippen LogP contribution is 2.75. The maximum Gasteiger partial charge on any atom is 0.309 e. The van der Waals surface area contributed by atoms with Crippen molar-refractivity contribution in [1.29, 1.82) is 0 Å². The van der Waals surface area contributed by atoms with Crippen LogP contribution in [0.3, 0.4) is 0 Å². The van der Waals surface area contributed by atoms with Crippen molar-refractivity contribution in [2.45, 2.75) is 62.9 Å². The Labute approximate surface area is 107 Å². The molecular formula is C14H20O4. The van der Waals surface area contributed by atoms with E-state index < -0.39 is 0 Å². The summed E-state index contributed by atoms with van der Waals surface area (Å²) in [4.78, 5) is 12.0. The normalized spacial score (nSPS) is 45.9. The summed E-state index contributed by atoms with van der Waals surface area (Å²) >= 11 is 0. The highest BCUT2D eigenvalue weighted by Gasteiger charge is 2.91. The van der Waals surface area contributed by atoms with Crippen molar-refractivity contribution in [2.24, 2.45) is 11.8 Å². The summed E-state index contributed by atoms with van der Waals surface area (Å²) in [5, 5.41) is 0. The fraction of sp³-hybridized carbons (Fsp3) is 0.929. The quantitative estimate of drug-likeness (QED) is 0.571. The molecule has 4 fully saturated rings. The maximum atomic E-state index is 12.0. The number of carbonyl (C=O) groups excluding carboxylic acids is 1. The van der Waals surface area contributed by atoms with Gasteiger partial charge in [0.2, 0.25) is 11.6 Å². The Kier molecular flexibility index (Phi) is 2.31. The van der Waals surface area contributed by atoms with E-state index in [9.17, 15) is 4.79 Å². The van der Waals surface area contributed by atoms with Gasteiger partial charge in [0.15, 0.2) is 0 Å². The molecule has 2 heterocycles. The lowest BCUT2D eigenvalue weighted by Crippen LogP contribution is -2.26. The molecule has 2 saturated carbocycles. The Hall–Kier alpha value is -0.610. The molecule has 18 heavy (non-hydrogen) atoms. The zero-order valence-electron chi connectivity index (χ0n) is 10.7. The molecule has 2 saturated heterocycles. The number of rotatable bonds is 3. The van der Waals surface area contributed by atoms with Crippen molar-refractivity contribution in [1.82, 2.24) is 0 Å². The molecule has 4 heteroatoms. The van der Waals surface area contributed by atoms with Crippen LogP contribution in [-0.2, 0) is 19.0 Å². The molecule has 1 unspecified atom stereocenters. The summed E-state index contributed by atoms with van der Waals surface area (Å²) in [5.41, 5.74) is 0. The Morgan fingerprint density at radius 1 is 1.11 bits per heavy atom. The molecular weight excluding hydrogens is 232 g/mol. The van der Waals surface area contributed by atoms with Gasteiger partial charge >= 0.3 is 5.97 Å². The smallest absolute Gasteiger partial charge is 0.309 e. The predicted octanol–water partition coefficient (Wildman–Crippen LogP) is 2.36. The van der Waals surface area contributed by atoms with E-state index in [4.69, 9.17) is 14.2 Å². The summed E-state index contributed by atoms with van der Waals surface area (Å²) in [5.74, 6) is -0.0634.